The minimum absolute atomic E-state index is 0.300. The van der Waals surface area contributed by atoms with Crippen LogP contribution in [-0.4, -0.2) is 148 Å². The lowest BCUT2D eigenvalue weighted by molar-refractivity contribution is -0.267. The summed E-state index contributed by atoms with van der Waals surface area (Å²) in [7, 11) is 2.11. The summed E-state index contributed by atoms with van der Waals surface area (Å²) < 4.78 is 8.55. The lowest BCUT2D eigenvalue weighted by Crippen LogP contribution is -2.53. The van der Waals surface area contributed by atoms with Crippen LogP contribution in [0, 0.1) is 27.7 Å². The molecule has 10 rings (SSSR count). The van der Waals surface area contributed by atoms with Crippen molar-refractivity contribution in [2.45, 2.75) is 53.7 Å². The molecule has 0 aliphatic carbocycles. The van der Waals surface area contributed by atoms with E-state index in [1.165, 1.54) is 0 Å². The monoisotopic (exact) mass is 933 g/mol. The van der Waals surface area contributed by atoms with E-state index < -0.39 is 12.1 Å². The van der Waals surface area contributed by atoms with Crippen LogP contribution in [-0.2, 0) is 10.5 Å². The van der Waals surface area contributed by atoms with E-state index in [1.807, 2.05) is 93.7 Å². The highest BCUT2D eigenvalue weighted by Gasteiger charge is 2.34. The van der Waals surface area contributed by atoms with Crippen molar-refractivity contribution in [3.05, 3.63) is 101 Å². The number of hydrogen-bond acceptors (Lipinski definition) is 15. The van der Waals surface area contributed by atoms with Crippen molar-refractivity contribution in [3.63, 3.8) is 0 Å². The topological polar surface area (TPSA) is 243 Å². The van der Waals surface area contributed by atoms with Crippen molar-refractivity contribution < 1.29 is 19.4 Å². The summed E-state index contributed by atoms with van der Waals surface area (Å²) in [5.74, 6) is 0.0460. The zero-order chi connectivity index (χ0) is 48.1. The number of carbonyl (C=O) groups excluding carboxylic acids is 2. The van der Waals surface area contributed by atoms with Gasteiger partial charge in [-0.2, -0.15) is 15.3 Å². The number of aliphatic hydroxyl groups excluding tert-OH is 1. The fraction of sp³-hybridized carbons (Fsp3) is 0.354. The minimum atomic E-state index is -1.26. The summed E-state index contributed by atoms with van der Waals surface area (Å²) in [4.78, 5) is 53.9. The fourth-order valence-electron chi connectivity index (χ4n) is 8.98. The molecule has 9 heterocycles. The van der Waals surface area contributed by atoms with Crippen molar-refractivity contribution in [2.75, 3.05) is 79.8 Å². The molecule has 356 valence electrons. The van der Waals surface area contributed by atoms with E-state index in [1.54, 1.807) is 12.4 Å². The van der Waals surface area contributed by atoms with Gasteiger partial charge in [0.05, 0.1) is 40.9 Å². The highest BCUT2D eigenvalue weighted by molar-refractivity contribution is 6.06. The molecule has 2 amide bonds. The zero-order valence-electron chi connectivity index (χ0n) is 39.6. The highest BCUT2D eigenvalue weighted by atomic mass is 16.6. The van der Waals surface area contributed by atoms with Crippen LogP contribution in [0.1, 0.15) is 57.3 Å². The predicted molar refractivity (Wildman–Crippen MR) is 262 cm³/mol. The normalized spacial score (nSPS) is 15.6. The first-order valence-electron chi connectivity index (χ1n) is 22.9. The number of anilines is 4. The first kappa shape index (κ1) is 45.2. The maximum Gasteiger partial charge on any atom is 0.273 e. The number of hydrogen-bond donors (Lipinski definition) is 6. The number of aromatic amines is 3. The lowest BCUT2D eigenvalue weighted by atomic mass is 10.1. The first-order chi connectivity index (χ1) is 33.2. The molecular formula is C48H55N17O4. The summed E-state index contributed by atoms with van der Waals surface area (Å²) in [6.45, 7) is 17.0. The number of ether oxygens (including phenoxy) is 1. The number of nitrogens with one attached hydrogen (secondary N) is 5. The molecule has 69 heavy (non-hydrogen) atoms. The molecule has 2 fully saturated rings. The third-order valence-electron chi connectivity index (χ3n) is 13.3. The average molecular weight is 934 g/mol. The largest absolute Gasteiger partial charge is 0.369 e. The van der Waals surface area contributed by atoms with Gasteiger partial charge in [-0.1, -0.05) is 12.1 Å². The number of fused-ring (bicyclic) bond motifs is 2. The Kier molecular flexibility index (Phi) is 11.9. The molecule has 2 aliphatic heterocycles. The maximum atomic E-state index is 13.3. The van der Waals surface area contributed by atoms with Crippen LogP contribution in [0.25, 0.3) is 44.6 Å². The van der Waals surface area contributed by atoms with Gasteiger partial charge in [0.2, 0.25) is 12.4 Å². The number of aromatic nitrogens is 11. The number of benzene rings is 1. The zero-order valence-corrected chi connectivity index (χ0v) is 39.6. The van der Waals surface area contributed by atoms with E-state index >= 15 is 0 Å². The van der Waals surface area contributed by atoms with Gasteiger partial charge in [0.1, 0.15) is 28.5 Å². The number of likely N-dealkylation sites (N-methyl/N-ethyl adjacent to an activating group) is 1. The molecule has 21 heteroatoms. The molecule has 1 atom stereocenters. The Balaban J connectivity index is 0.855. The molecule has 1 unspecified atom stereocenters. The van der Waals surface area contributed by atoms with E-state index in [4.69, 9.17) is 19.7 Å². The van der Waals surface area contributed by atoms with E-state index in [0.717, 1.165) is 82.0 Å². The number of pyridine rings is 2. The van der Waals surface area contributed by atoms with Gasteiger partial charge in [0.25, 0.3) is 11.8 Å². The van der Waals surface area contributed by atoms with Crippen LogP contribution in [0.2, 0.25) is 0 Å². The van der Waals surface area contributed by atoms with Crippen molar-refractivity contribution in [1.29, 1.82) is 0 Å². The summed E-state index contributed by atoms with van der Waals surface area (Å²) in [6, 6.07) is 13.9. The van der Waals surface area contributed by atoms with Gasteiger partial charge < -0.3 is 35.2 Å². The molecule has 1 aromatic carbocycles. The summed E-state index contributed by atoms with van der Waals surface area (Å²) in [5, 5.41) is 40.8. The van der Waals surface area contributed by atoms with Gasteiger partial charge in [-0.3, -0.25) is 34.4 Å². The standard InChI is InChI=1S/C48H55N17O4/c1-27-29(3)55-57-39(27)44(66)53-34-19-32-21-38(33-23-51-46(52-24-33)63-13-11-61(7)12-14-63)65(43(32)50-26-34)48(5,6)69-47(68)64-17-15-62(16-18-64)36-10-8-9-31(20-36)41-37-22-35(25-49-42(37)60-59-41)54-45(67)40-28(2)30(4)56-58-40/h8-10,19-26,47,68H,11-18H2,1-7H3,(H,53,66)(H,54,67)(H,55,57)(H,56,58)(H,49,59,60). The van der Waals surface area contributed by atoms with Crippen LogP contribution in [0.3, 0.4) is 0 Å². The molecule has 2 aliphatic rings. The predicted octanol–water partition coefficient (Wildman–Crippen LogP) is 5.18. The second kappa shape index (κ2) is 18.1. The fourth-order valence-corrected chi connectivity index (χ4v) is 8.98. The number of nitrogens with zero attached hydrogens (tertiary/aromatic N) is 12. The van der Waals surface area contributed by atoms with Crippen LogP contribution in [0.5, 0.6) is 0 Å². The molecule has 2 saturated heterocycles. The van der Waals surface area contributed by atoms with E-state index in [-0.39, 0.29) is 11.8 Å². The lowest BCUT2D eigenvalue weighted by Gasteiger charge is -2.41. The number of rotatable bonds is 12. The Morgan fingerprint density at radius 2 is 1.33 bits per heavy atom. The van der Waals surface area contributed by atoms with Crippen LogP contribution < -0.4 is 20.4 Å². The van der Waals surface area contributed by atoms with Crippen molar-refractivity contribution in [3.8, 4) is 22.5 Å². The second-order valence-corrected chi connectivity index (χ2v) is 18.2. The van der Waals surface area contributed by atoms with Crippen molar-refractivity contribution in [1.82, 2.24) is 64.9 Å². The molecule has 0 spiro atoms. The molecule has 21 nitrogen and oxygen atoms in total. The van der Waals surface area contributed by atoms with Gasteiger partial charge in [-0.25, -0.2) is 19.9 Å². The summed E-state index contributed by atoms with van der Waals surface area (Å²) in [5.41, 5.74) is 9.02. The molecule has 8 aromatic rings. The molecule has 0 bridgehead atoms. The second-order valence-electron chi connectivity index (χ2n) is 18.2. The molecule has 0 radical (unpaired) electrons. The smallest absolute Gasteiger partial charge is 0.273 e. The number of H-pyrrole nitrogens is 3. The minimum Gasteiger partial charge on any atom is -0.369 e. The van der Waals surface area contributed by atoms with Gasteiger partial charge >= 0.3 is 0 Å². The van der Waals surface area contributed by atoms with Crippen LogP contribution in [0.4, 0.5) is 23.0 Å². The van der Waals surface area contributed by atoms with Gasteiger partial charge in [-0.05, 0) is 78.9 Å². The molecular weight excluding hydrogens is 879 g/mol. The molecule has 6 N–H and O–H groups in total. The molecule has 0 saturated carbocycles. The molecule has 7 aromatic heterocycles. The van der Waals surface area contributed by atoms with Crippen molar-refractivity contribution in [2.24, 2.45) is 0 Å². The maximum absolute atomic E-state index is 13.3. The van der Waals surface area contributed by atoms with Gasteiger partial charge in [0.15, 0.2) is 5.65 Å². The summed E-state index contributed by atoms with van der Waals surface area (Å²) >= 11 is 0. The Morgan fingerprint density at radius 3 is 1.97 bits per heavy atom. The Labute approximate surface area is 397 Å². The Morgan fingerprint density at radius 1 is 0.710 bits per heavy atom. The third-order valence-corrected chi connectivity index (χ3v) is 13.3. The Bertz CT molecular complexity index is 3190. The van der Waals surface area contributed by atoms with E-state index in [0.29, 0.717) is 71.9 Å². The van der Waals surface area contributed by atoms with E-state index in [9.17, 15) is 14.7 Å². The average Bonchev–Trinajstić information content (AvgIpc) is 4.13. The third kappa shape index (κ3) is 8.87. The Hall–Kier alpha value is -7.59. The van der Waals surface area contributed by atoms with Crippen LogP contribution in [0.15, 0.2) is 67.3 Å². The summed E-state index contributed by atoms with van der Waals surface area (Å²) in [6.07, 6.45) is 5.57. The number of amides is 2. The number of carbonyl (C=O) groups is 2. The number of aryl methyl sites for hydroxylation is 2. The van der Waals surface area contributed by atoms with E-state index in [2.05, 4.69) is 80.1 Å². The quantitative estimate of drug-likeness (QED) is 0.0866. The SMILES string of the molecule is Cc1n[nH]c(C(=O)Nc2cnc3c(c2)cc(-c2cnc(N4CCN(C)CC4)nc2)n3C(C)(C)OC(O)N2CCN(c3cccc(-c4n[nH]c5ncc(NC(=O)c6[nH]nc(C)c6C)cc45)c3)CC2)c1C. The van der Waals surface area contributed by atoms with Crippen molar-refractivity contribution >= 4 is 56.9 Å². The van der Waals surface area contributed by atoms with Gasteiger partial charge in [0, 0.05) is 103 Å². The van der Waals surface area contributed by atoms with Gasteiger partial charge in [-0.15, -0.1) is 0 Å². The highest BCUT2D eigenvalue weighted by Crippen LogP contribution is 2.36. The first-order valence-corrected chi connectivity index (χ1v) is 22.9. The van der Waals surface area contributed by atoms with Crippen LogP contribution >= 0.6 is 0 Å². The number of piperazine rings is 2. The number of aliphatic hydroxyl groups is 1.